The number of ether oxygens (including phenoxy) is 10. The minimum atomic E-state index is 0.362. The normalized spacial score (nSPS) is 11.9. The predicted octanol–water partition coefficient (Wildman–Crippen LogP) is 12.3. The van der Waals surface area contributed by atoms with Crippen molar-refractivity contribution in [2.45, 2.75) is 74.7 Å². The van der Waals surface area contributed by atoms with Gasteiger partial charge in [0, 0.05) is 46.2 Å². The fourth-order valence-corrected chi connectivity index (χ4v) is 10.4. The zero-order valence-electron chi connectivity index (χ0n) is 42.7. The summed E-state index contributed by atoms with van der Waals surface area (Å²) in [7, 11) is 16.7. The van der Waals surface area contributed by atoms with Crippen LogP contribution in [0.5, 0.6) is 57.5 Å². The molecule has 0 fully saturated rings. The second kappa shape index (κ2) is 19.3. The van der Waals surface area contributed by atoms with Gasteiger partial charge in [0.1, 0.15) is 17.2 Å². The smallest absolute Gasteiger partial charge is 0.204 e. The first-order valence-electron chi connectivity index (χ1n) is 22.5. The molecule has 0 N–H and O–H groups in total. The SMILES string of the molecule is COc1c2cc(c(C)c1C)-c1cc(c(C)c(C)c1C)Cc1cc(c(OC)c(OC)c1C)-c1cc(c(OC)c(OC)c1OC)Cc1cc(c(OC)c(C)c1OC)-c1cc(c(C)c(OC)c1OC)C2. The van der Waals surface area contributed by atoms with E-state index in [4.69, 9.17) is 47.4 Å². The molecule has 354 valence electrons. The lowest BCUT2D eigenvalue weighted by molar-refractivity contribution is 0.323. The van der Waals surface area contributed by atoms with Gasteiger partial charge < -0.3 is 47.4 Å². The third-order valence-electron chi connectivity index (χ3n) is 14.3. The summed E-state index contributed by atoms with van der Waals surface area (Å²) in [6.45, 7) is 17.2. The first-order chi connectivity index (χ1) is 32.1. The van der Waals surface area contributed by atoms with Crippen LogP contribution in [0.15, 0.2) is 36.4 Å². The fourth-order valence-electron chi connectivity index (χ4n) is 10.4. The second-order valence-corrected chi connectivity index (χ2v) is 17.4. The first kappa shape index (κ1) is 48.3. The molecule has 10 heteroatoms. The van der Waals surface area contributed by atoms with Gasteiger partial charge >= 0.3 is 0 Å². The van der Waals surface area contributed by atoms with E-state index in [1.165, 1.54) is 27.8 Å². The summed E-state index contributed by atoms with van der Waals surface area (Å²) in [6.07, 6.45) is 1.54. The molecule has 1 aliphatic rings. The molecule has 0 saturated carbocycles. The molecule has 0 aromatic heterocycles. The van der Waals surface area contributed by atoms with Crippen molar-refractivity contribution in [3.63, 3.8) is 0 Å². The van der Waals surface area contributed by atoms with Crippen molar-refractivity contribution in [3.8, 4) is 90.9 Å². The van der Waals surface area contributed by atoms with Crippen LogP contribution in [0.4, 0.5) is 0 Å². The molecule has 7 rings (SSSR count). The van der Waals surface area contributed by atoms with Crippen molar-refractivity contribution < 1.29 is 47.4 Å². The summed E-state index contributed by atoms with van der Waals surface area (Å²) in [5.74, 6) is 6.05. The molecule has 0 amide bonds. The maximum atomic E-state index is 6.28. The van der Waals surface area contributed by atoms with E-state index in [9.17, 15) is 0 Å². The van der Waals surface area contributed by atoms with E-state index < -0.39 is 0 Å². The van der Waals surface area contributed by atoms with E-state index in [0.717, 1.165) is 89.2 Å². The van der Waals surface area contributed by atoms with Crippen molar-refractivity contribution >= 4 is 0 Å². The molecule has 0 heterocycles. The molecule has 6 aromatic rings. The van der Waals surface area contributed by atoms with Gasteiger partial charge in [-0.25, -0.2) is 0 Å². The van der Waals surface area contributed by atoms with Crippen LogP contribution in [0.2, 0.25) is 0 Å². The summed E-state index contributed by atoms with van der Waals surface area (Å²) in [5.41, 5.74) is 20.2. The Morgan fingerprint density at radius 2 is 0.493 bits per heavy atom. The van der Waals surface area contributed by atoms with E-state index in [1.54, 1.807) is 71.1 Å². The van der Waals surface area contributed by atoms with Gasteiger partial charge in [-0.05, 0) is 170 Å². The Kier molecular flexibility index (Phi) is 13.9. The van der Waals surface area contributed by atoms with Gasteiger partial charge in [-0.2, -0.15) is 0 Å². The summed E-state index contributed by atoms with van der Waals surface area (Å²) in [6, 6.07) is 13.3. The van der Waals surface area contributed by atoms with Crippen molar-refractivity contribution in [2.24, 2.45) is 0 Å². The summed E-state index contributed by atoms with van der Waals surface area (Å²) >= 11 is 0. The topological polar surface area (TPSA) is 92.3 Å². The summed E-state index contributed by atoms with van der Waals surface area (Å²) < 4.78 is 62.4. The highest BCUT2D eigenvalue weighted by molar-refractivity contribution is 5.87. The minimum Gasteiger partial charge on any atom is -0.496 e. The van der Waals surface area contributed by atoms with Crippen LogP contribution in [0, 0.1) is 55.4 Å². The van der Waals surface area contributed by atoms with E-state index in [-0.39, 0.29) is 0 Å². The standard InChI is InChI=1S/C57H66O10/c1-28-29(2)36-19-37-23-46(55(65-16)51(61-12)33(37)6)47-27-41(53(63-14)57(67-18)56(47)66-17)21-40-26-44(50(60-11)35(8)49(40)59-10)45-24-38(34(7)52(62-13)54(45)64-15)20-39-25-43(42(22-36)30(28)3)31(4)32(5)48(39)58-9/h22-27H,19-21H2,1-18H3. The van der Waals surface area contributed by atoms with Crippen LogP contribution in [0.1, 0.15) is 77.9 Å². The molecule has 0 saturated heterocycles. The van der Waals surface area contributed by atoms with Crippen LogP contribution in [-0.2, 0) is 19.3 Å². The molecule has 1 aliphatic carbocycles. The molecular formula is C57H66O10. The zero-order valence-corrected chi connectivity index (χ0v) is 42.7. The Morgan fingerprint density at radius 3 is 0.925 bits per heavy atom. The lowest BCUT2D eigenvalue weighted by atomic mass is 9.83. The quantitative estimate of drug-likeness (QED) is 0.132. The van der Waals surface area contributed by atoms with Gasteiger partial charge in [-0.1, -0.05) is 6.07 Å². The van der Waals surface area contributed by atoms with Gasteiger partial charge in [0.15, 0.2) is 34.5 Å². The largest absolute Gasteiger partial charge is 0.496 e. The van der Waals surface area contributed by atoms with Crippen LogP contribution >= 0.6 is 0 Å². The van der Waals surface area contributed by atoms with E-state index in [2.05, 4.69) is 84.9 Å². The van der Waals surface area contributed by atoms with Crippen LogP contribution in [0.3, 0.4) is 0 Å². The Hall–Kier alpha value is -6.68. The maximum Gasteiger partial charge on any atom is 0.204 e. The number of rotatable bonds is 10. The number of methoxy groups -OCH3 is 10. The molecule has 0 spiro atoms. The van der Waals surface area contributed by atoms with E-state index >= 15 is 0 Å². The zero-order chi connectivity index (χ0) is 48.8. The Morgan fingerprint density at radius 1 is 0.209 bits per heavy atom. The predicted molar refractivity (Wildman–Crippen MR) is 267 cm³/mol. The first-order valence-corrected chi connectivity index (χ1v) is 22.5. The van der Waals surface area contributed by atoms with Gasteiger partial charge in [-0.3, -0.25) is 0 Å². The lowest BCUT2D eigenvalue weighted by Crippen LogP contribution is -2.07. The number of hydrogen-bond donors (Lipinski definition) is 0. The highest BCUT2D eigenvalue weighted by atomic mass is 16.5. The number of hydrogen-bond acceptors (Lipinski definition) is 10. The molecule has 12 bridgehead atoms. The Balaban J connectivity index is 1.71. The van der Waals surface area contributed by atoms with Gasteiger partial charge in [-0.15, -0.1) is 0 Å². The fraction of sp³-hybridized carbons (Fsp3) is 0.368. The molecular weight excluding hydrogens is 845 g/mol. The number of fused-ring (bicyclic) bond motifs is 15. The summed E-state index contributed by atoms with van der Waals surface area (Å²) in [5, 5.41) is 0. The molecule has 10 nitrogen and oxygen atoms in total. The second-order valence-electron chi connectivity index (χ2n) is 17.4. The van der Waals surface area contributed by atoms with E-state index in [0.29, 0.717) is 71.0 Å². The molecule has 0 atom stereocenters. The van der Waals surface area contributed by atoms with Gasteiger partial charge in [0.05, 0.1) is 71.1 Å². The molecule has 0 aliphatic heterocycles. The van der Waals surface area contributed by atoms with Gasteiger partial charge in [0.2, 0.25) is 5.75 Å². The van der Waals surface area contributed by atoms with Crippen molar-refractivity contribution in [1.82, 2.24) is 0 Å². The lowest BCUT2D eigenvalue weighted by Gasteiger charge is -2.25. The van der Waals surface area contributed by atoms with Crippen LogP contribution in [-0.4, -0.2) is 71.1 Å². The Bertz CT molecular complexity index is 2920. The van der Waals surface area contributed by atoms with Crippen LogP contribution < -0.4 is 47.4 Å². The van der Waals surface area contributed by atoms with Crippen molar-refractivity contribution in [3.05, 3.63) is 114 Å². The number of benzene rings is 6. The third-order valence-corrected chi connectivity index (χ3v) is 14.3. The minimum absolute atomic E-state index is 0.362. The van der Waals surface area contributed by atoms with Crippen molar-refractivity contribution in [1.29, 1.82) is 0 Å². The molecule has 0 unspecified atom stereocenters. The molecule has 6 aromatic carbocycles. The average Bonchev–Trinajstić information content (AvgIpc) is 3.32. The highest BCUT2D eigenvalue weighted by Gasteiger charge is 2.30. The average molecular weight is 911 g/mol. The van der Waals surface area contributed by atoms with Crippen molar-refractivity contribution in [2.75, 3.05) is 71.1 Å². The third kappa shape index (κ3) is 7.87. The molecule has 0 radical (unpaired) electrons. The highest BCUT2D eigenvalue weighted by Crippen LogP contribution is 2.54. The molecule has 67 heavy (non-hydrogen) atoms. The summed E-state index contributed by atoms with van der Waals surface area (Å²) in [4.78, 5) is 0. The maximum absolute atomic E-state index is 6.28. The van der Waals surface area contributed by atoms with Gasteiger partial charge in [0.25, 0.3) is 0 Å². The Labute approximate surface area is 397 Å². The van der Waals surface area contributed by atoms with Crippen LogP contribution in [0.25, 0.3) is 33.4 Å². The monoisotopic (exact) mass is 910 g/mol. The van der Waals surface area contributed by atoms with E-state index in [1.807, 2.05) is 6.92 Å².